The van der Waals surface area contributed by atoms with E-state index in [4.69, 9.17) is 29.0 Å². The van der Waals surface area contributed by atoms with Crippen molar-refractivity contribution in [3.05, 3.63) is 46.1 Å². The normalized spacial score (nSPS) is 11.9. The first-order valence-corrected chi connectivity index (χ1v) is 10.8. The monoisotopic (exact) mass is 457 g/mol. The highest BCUT2D eigenvalue weighted by Gasteiger charge is 2.15. The molecule has 0 spiro atoms. The molecule has 0 atom stereocenters. The lowest BCUT2D eigenvalue weighted by molar-refractivity contribution is 0.340. The number of hydrogen-bond acceptors (Lipinski definition) is 8. The average Bonchev–Trinajstić information content (AvgIpc) is 3.19. The van der Waals surface area contributed by atoms with Crippen molar-refractivity contribution in [2.75, 3.05) is 28.4 Å². The third-order valence-corrected chi connectivity index (χ3v) is 5.39. The summed E-state index contributed by atoms with van der Waals surface area (Å²) in [5, 5.41) is 16.8. The van der Waals surface area contributed by atoms with Crippen LogP contribution < -0.4 is 23.7 Å². The van der Waals surface area contributed by atoms with Gasteiger partial charge in [0.2, 0.25) is 10.6 Å². The minimum atomic E-state index is -0.0624. The van der Waals surface area contributed by atoms with Crippen molar-refractivity contribution < 1.29 is 24.1 Å². The number of aromatic nitrogens is 1. The second-order valence-electron chi connectivity index (χ2n) is 7.02. The molecule has 0 unspecified atom stereocenters. The summed E-state index contributed by atoms with van der Waals surface area (Å²) in [6.45, 7) is 4.02. The Morgan fingerprint density at radius 3 is 2.16 bits per heavy atom. The quantitative estimate of drug-likeness (QED) is 0.514. The fraction of sp³-hybridized carbons (Fsp3) is 0.304. The van der Waals surface area contributed by atoms with Crippen LogP contribution in [0.3, 0.4) is 0 Å². The molecule has 2 aromatic carbocycles. The van der Waals surface area contributed by atoms with Gasteiger partial charge in [-0.05, 0) is 44.2 Å². The van der Waals surface area contributed by atoms with Gasteiger partial charge in [-0.2, -0.15) is 5.10 Å². The third-order valence-electron chi connectivity index (χ3n) is 4.56. The van der Waals surface area contributed by atoms with Crippen LogP contribution in [-0.2, 0) is 0 Å². The van der Waals surface area contributed by atoms with Gasteiger partial charge in [-0.25, -0.2) is 4.68 Å². The Kier molecular flexibility index (Phi) is 7.42. The maximum Gasteiger partial charge on any atom is 0.206 e. The first kappa shape index (κ1) is 23.2. The Hall–Kier alpha value is -3.46. The Morgan fingerprint density at radius 1 is 0.938 bits per heavy atom. The standard InChI is InChI=1S/C23H27N3O5S/c1-14(2)25-23-26(24-12-15-9-20(30-5)22(27)21(10-15)31-6)18(13-32-23)17-11-16(28-3)7-8-19(17)29-4/h7-14,27H,1-6H3. The lowest BCUT2D eigenvalue weighted by Gasteiger charge is -2.11. The van der Waals surface area contributed by atoms with E-state index in [1.54, 1.807) is 37.2 Å². The van der Waals surface area contributed by atoms with E-state index in [-0.39, 0.29) is 11.8 Å². The second-order valence-corrected chi connectivity index (χ2v) is 7.86. The van der Waals surface area contributed by atoms with E-state index in [2.05, 4.69) is 0 Å². The van der Waals surface area contributed by atoms with E-state index in [1.807, 2.05) is 37.4 Å². The first-order valence-electron chi connectivity index (χ1n) is 9.87. The summed E-state index contributed by atoms with van der Waals surface area (Å²) in [6.07, 6.45) is 1.66. The van der Waals surface area contributed by atoms with E-state index in [1.165, 1.54) is 25.6 Å². The molecule has 8 nitrogen and oxygen atoms in total. The number of ether oxygens (including phenoxy) is 4. The molecule has 0 saturated carbocycles. The molecule has 0 aliphatic rings. The van der Waals surface area contributed by atoms with Crippen molar-refractivity contribution in [2.45, 2.75) is 19.9 Å². The van der Waals surface area contributed by atoms with E-state index in [0.29, 0.717) is 28.6 Å². The zero-order valence-corrected chi connectivity index (χ0v) is 19.8. The van der Waals surface area contributed by atoms with Gasteiger partial charge in [0, 0.05) is 22.5 Å². The van der Waals surface area contributed by atoms with Crippen LogP contribution in [0, 0.1) is 0 Å². The number of benzene rings is 2. The number of phenols is 1. The van der Waals surface area contributed by atoms with Crippen LogP contribution in [0.15, 0.2) is 45.8 Å². The fourth-order valence-electron chi connectivity index (χ4n) is 3.03. The molecule has 0 radical (unpaired) electrons. The van der Waals surface area contributed by atoms with Gasteiger partial charge in [-0.1, -0.05) is 0 Å². The van der Waals surface area contributed by atoms with Crippen molar-refractivity contribution in [3.8, 4) is 40.0 Å². The van der Waals surface area contributed by atoms with Gasteiger partial charge >= 0.3 is 0 Å². The van der Waals surface area contributed by atoms with Gasteiger partial charge in [-0.3, -0.25) is 4.99 Å². The molecule has 0 fully saturated rings. The molecule has 3 aromatic rings. The van der Waals surface area contributed by atoms with E-state index < -0.39 is 0 Å². The smallest absolute Gasteiger partial charge is 0.206 e. The number of hydrogen-bond donors (Lipinski definition) is 1. The largest absolute Gasteiger partial charge is 0.502 e. The van der Waals surface area contributed by atoms with Crippen molar-refractivity contribution in [3.63, 3.8) is 0 Å². The molecule has 3 rings (SSSR count). The van der Waals surface area contributed by atoms with Crippen molar-refractivity contribution >= 4 is 17.6 Å². The van der Waals surface area contributed by atoms with Crippen LogP contribution >= 0.6 is 11.3 Å². The predicted octanol–water partition coefficient (Wildman–Crippen LogP) is 4.15. The number of aromatic hydroxyl groups is 1. The highest BCUT2D eigenvalue weighted by atomic mass is 32.1. The number of thiazole rings is 1. The molecular weight excluding hydrogens is 430 g/mol. The van der Waals surface area contributed by atoms with Crippen LogP contribution in [0.25, 0.3) is 11.3 Å². The zero-order valence-electron chi connectivity index (χ0n) is 18.9. The maximum atomic E-state index is 10.2. The summed E-state index contributed by atoms with van der Waals surface area (Å²) >= 11 is 1.48. The van der Waals surface area contributed by atoms with Crippen molar-refractivity contribution in [2.24, 2.45) is 10.1 Å². The summed E-state index contributed by atoms with van der Waals surface area (Å²) in [7, 11) is 6.21. The molecule has 170 valence electrons. The summed E-state index contributed by atoms with van der Waals surface area (Å²) in [5.74, 6) is 1.92. The topological polar surface area (TPSA) is 86.8 Å². The van der Waals surface area contributed by atoms with Crippen molar-refractivity contribution in [1.29, 1.82) is 0 Å². The summed E-state index contributed by atoms with van der Waals surface area (Å²) in [6, 6.07) is 9.05. The van der Waals surface area contributed by atoms with Gasteiger partial charge in [0.15, 0.2) is 11.5 Å². The van der Waals surface area contributed by atoms with Gasteiger partial charge in [0.05, 0.1) is 40.3 Å². The highest BCUT2D eigenvalue weighted by Crippen LogP contribution is 2.37. The molecule has 0 aliphatic carbocycles. The number of methoxy groups -OCH3 is 4. The molecule has 1 heterocycles. The van der Waals surface area contributed by atoms with Gasteiger partial charge in [0.25, 0.3) is 0 Å². The second kappa shape index (κ2) is 10.2. The lowest BCUT2D eigenvalue weighted by Crippen LogP contribution is -2.14. The Labute approximate surface area is 191 Å². The maximum absolute atomic E-state index is 10.2. The van der Waals surface area contributed by atoms with Gasteiger partial charge < -0.3 is 24.1 Å². The third kappa shape index (κ3) is 4.88. The van der Waals surface area contributed by atoms with Crippen LogP contribution in [0.5, 0.6) is 28.7 Å². The molecule has 0 bridgehead atoms. The van der Waals surface area contributed by atoms with Crippen LogP contribution in [0.4, 0.5) is 0 Å². The van der Waals surface area contributed by atoms with Crippen LogP contribution in [-0.4, -0.2) is 50.5 Å². The molecule has 1 N–H and O–H groups in total. The highest BCUT2D eigenvalue weighted by molar-refractivity contribution is 7.07. The summed E-state index contributed by atoms with van der Waals surface area (Å²) in [5.41, 5.74) is 2.32. The number of nitrogens with zero attached hydrogens (tertiary/aromatic N) is 3. The number of rotatable bonds is 8. The molecule has 0 amide bonds. The Morgan fingerprint density at radius 2 is 1.59 bits per heavy atom. The minimum absolute atomic E-state index is 0.0624. The Balaban J connectivity index is 2.18. The first-order chi connectivity index (χ1) is 15.4. The Bertz CT molecular complexity index is 1160. The minimum Gasteiger partial charge on any atom is -0.502 e. The average molecular weight is 458 g/mol. The summed E-state index contributed by atoms with van der Waals surface area (Å²) in [4.78, 5) is 5.43. The lowest BCUT2D eigenvalue weighted by atomic mass is 10.1. The summed E-state index contributed by atoms with van der Waals surface area (Å²) < 4.78 is 23.2. The predicted molar refractivity (Wildman–Crippen MR) is 126 cm³/mol. The van der Waals surface area contributed by atoms with Crippen LogP contribution in [0.1, 0.15) is 19.4 Å². The molecule has 32 heavy (non-hydrogen) atoms. The molecule has 1 aromatic heterocycles. The molecule has 0 aliphatic heterocycles. The molecule has 0 saturated heterocycles. The molecule has 9 heteroatoms. The molecular formula is C23H27N3O5S. The van der Waals surface area contributed by atoms with Crippen molar-refractivity contribution in [1.82, 2.24) is 4.68 Å². The number of phenolic OH excluding ortho intramolecular Hbond substituents is 1. The van der Waals surface area contributed by atoms with Crippen LogP contribution in [0.2, 0.25) is 0 Å². The van der Waals surface area contributed by atoms with Gasteiger partial charge in [-0.15, -0.1) is 11.3 Å². The van der Waals surface area contributed by atoms with E-state index in [9.17, 15) is 5.11 Å². The van der Waals surface area contributed by atoms with E-state index >= 15 is 0 Å². The fourth-order valence-corrected chi connectivity index (χ4v) is 3.99. The SMILES string of the molecule is COc1ccc(OC)c(-c2csc(=NC(C)C)n2N=Cc2cc(OC)c(O)c(OC)c2)c1. The zero-order chi connectivity index (χ0) is 23.3. The van der Waals surface area contributed by atoms with Gasteiger partial charge in [0.1, 0.15) is 11.5 Å². The van der Waals surface area contributed by atoms with E-state index in [0.717, 1.165) is 16.1 Å².